The zero-order chi connectivity index (χ0) is 19.1. The molecule has 27 heavy (non-hydrogen) atoms. The Labute approximate surface area is 159 Å². The molecular formula is C19H18ClNO6. The van der Waals surface area contributed by atoms with Crippen LogP contribution in [0.1, 0.15) is 17.5 Å². The average Bonchev–Trinajstić information content (AvgIpc) is 3.10. The van der Waals surface area contributed by atoms with Crippen LogP contribution in [0.2, 0.25) is 5.02 Å². The Kier molecular flexibility index (Phi) is 4.55. The highest BCUT2D eigenvalue weighted by atomic mass is 35.5. The molecule has 4 rings (SSSR count). The van der Waals surface area contributed by atoms with Gasteiger partial charge in [0.2, 0.25) is 0 Å². The highest BCUT2D eigenvalue weighted by Gasteiger charge is 2.36. The lowest BCUT2D eigenvalue weighted by Crippen LogP contribution is -2.54. The van der Waals surface area contributed by atoms with Crippen LogP contribution in [-0.2, 0) is 27.2 Å². The molecule has 0 bridgehead atoms. The van der Waals surface area contributed by atoms with Gasteiger partial charge in [-0.15, -0.1) is 0 Å². The highest BCUT2D eigenvalue weighted by molar-refractivity contribution is 6.32. The van der Waals surface area contributed by atoms with E-state index in [9.17, 15) is 14.4 Å². The number of carbonyl (C=O) groups excluding carboxylic acids is 2. The van der Waals surface area contributed by atoms with Gasteiger partial charge >= 0.3 is 11.6 Å². The number of carbonyl (C=O) groups is 2. The number of fused-ring (bicyclic) bond motifs is 3. The number of methoxy groups -OCH3 is 1. The fourth-order valence-electron chi connectivity index (χ4n) is 3.62. The zero-order valence-corrected chi connectivity index (χ0v) is 15.5. The van der Waals surface area contributed by atoms with Crippen molar-refractivity contribution in [3.05, 3.63) is 38.7 Å². The van der Waals surface area contributed by atoms with Crippen molar-refractivity contribution in [2.75, 3.05) is 26.8 Å². The summed E-state index contributed by atoms with van der Waals surface area (Å²) in [4.78, 5) is 37.2. The van der Waals surface area contributed by atoms with Crippen LogP contribution < -0.4 is 10.4 Å². The van der Waals surface area contributed by atoms with E-state index in [1.165, 1.54) is 12.0 Å². The molecule has 0 radical (unpaired) electrons. The molecule has 1 saturated heterocycles. The van der Waals surface area contributed by atoms with Gasteiger partial charge in [0.1, 0.15) is 11.3 Å². The van der Waals surface area contributed by atoms with Gasteiger partial charge < -0.3 is 18.8 Å². The lowest BCUT2D eigenvalue weighted by molar-refractivity contribution is -0.156. The molecule has 1 aromatic carbocycles. The van der Waals surface area contributed by atoms with Gasteiger partial charge in [0, 0.05) is 30.1 Å². The first-order valence-corrected chi connectivity index (χ1v) is 9.12. The van der Waals surface area contributed by atoms with Gasteiger partial charge in [-0.25, -0.2) is 4.79 Å². The van der Waals surface area contributed by atoms with Gasteiger partial charge in [-0.3, -0.25) is 9.59 Å². The SMILES string of the molecule is COC(=O)C1CN(C(=O)COc2cc3oc(=O)c4c(c3cc2Cl)CCC4)C1. The third kappa shape index (κ3) is 3.16. The summed E-state index contributed by atoms with van der Waals surface area (Å²) < 4.78 is 15.6. The number of esters is 1. The second-order valence-electron chi connectivity index (χ2n) is 6.79. The summed E-state index contributed by atoms with van der Waals surface area (Å²) in [6.07, 6.45) is 2.47. The summed E-state index contributed by atoms with van der Waals surface area (Å²) in [6.45, 7) is 0.428. The number of nitrogens with zero attached hydrogens (tertiary/aromatic N) is 1. The number of rotatable bonds is 4. The summed E-state index contributed by atoms with van der Waals surface area (Å²) in [5.74, 6) is -0.565. The number of likely N-dealkylation sites (tertiary alicyclic amines) is 1. The Hall–Kier alpha value is -2.54. The Bertz CT molecular complexity index is 992. The van der Waals surface area contributed by atoms with E-state index in [-0.39, 0.29) is 35.8 Å². The molecule has 1 aliphatic carbocycles. The molecule has 2 aliphatic rings. The fourth-order valence-corrected chi connectivity index (χ4v) is 3.84. The number of hydrogen-bond acceptors (Lipinski definition) is 6. The number of amides is 1. The summed E-state index contributed by atoms with van der Waals surface area (Å²) in [7, 11) is 1.32. The van der Waals surface area contributed by atoms with E-state index in [4.69, 9.17) is 20.8 Å². The van der Waals surface area contributed by atoms with Crippen molar-refractivity contribution >= 4 is 34.4 Å². The summed E-state index contributed by atoms with van der Waals surface area (Å²) in [6, 6.07) is 3.28. The third-order valence-electron chi connectivity index (χ3n) is 5.15. The van der Waals surface area contributed by atoms with Gasteiger partial charge in [-0.1, -0.05) is 11.6 Å². The molecule has 1 aromatic heterocycles. The maximum Gasteiger partial charge on any atom is 0.339 e. The van der Waals surface area contributed by atoms with Crippen LogP contribution in [0, 0.1) is 5.92 Å². The van der Waals surface area contributed by atoms with Crippen LogP contribution in [-0.4, -0.2) is 43.6 Å². The fraction of sp³-hybridized carbons (Fsp3) is 0.421. The van der Waals surface area contributed by atoms with E-state index in [2.05, 4.69) is 4.74 Å². The average molecular weight is 392 g/mol. The lowest BCUT2D eigenvalue weighted by Gasteiger charge is -2.37. The molecule has 0 atom stereocenters. The topological polar surface area (TPSA) is 86.1 Å². The minimum Gasteiger partial charge on any atom is -0.482 e. The minimum absolute atomic E-state index is 0.214. The van der Waals surface area contributed by atoms with Gasteiger partial charge in [0.15, 0.2) is 6.61 Å². The second-order valence-corrected chi connectivity index (χ2v) is 7.19. The molecule has 0 unspecified atom stereocenters. The summed E-state index contributed by atoms with van der Waals surface area (Å²) in [5.41, 5.74) is 1.79. The molecule has 1 fully saturated rings. The maximum absolute atomic E-state index is 12.2. The molecule has 0 N–H and O–H groups in total. The van der Waals surface area contributed by atoms with E-state index >= 15 is 0 Å². The molecule has 2 heterocycles. The predicted octanol–water partition coefficient (Wildman–Crippen LogP) is 1.95. The molecular weight excluding hydrogens is 374 g/mol. The van der Waals surface area contributed by atoms with Gasteiger partial charge in [0.05, 0.1) is 18.1 Å². The van der Waals surface area contributed by atoms with Gasteiger partial charge in [0.25, 0.3) is 5.91 Å². The highest BCUT2D eigenvalue weighted by Crippen LogP contribution is 2.34. The van der Waals surface area contributed by atoms with E-state index in [0.29, 0.717) is 23.7 Å². The van der Waals surface area contributed by atoms with Gasteiger partial charge in [-0.05, 0) is 30.9 Å². The van der Waals surface area contributed by atoms with Crippen molar-refractivity contribution in [3.8, 4) is 5.75 Å². The Balaban J connectivity index is 1.48. The van der Waals surface area contributed by atoms with Crippen molar-refractivity contribution in [2.45, 2.75) is 19.3 Å². The maximum atomic E-state index is 12.2. The largest absolute Gasteiger partial charge is 0.482 e. The number of halogens is 1. The summed E-state index contributed by atoms with van der Waals surface area (Å²) in [5, 5.41) is 1.17. The molecule has 2 aromatic rings. The molecule has 7 nitrogen and oxygen atoms in total. The smallest absolute Gasteiger partial charge is 0.339 e. The zero-order valence-electron chi connectivity index (χ0n) is 14.7. The quantitative estimate of drug-likeness (QED) is 0.585. The standard InChI is InChI=1S/C19H18ClNO6/c1-25-18(23)10-7-21(8-10)17(22)9-26-16-6-15-13(5-14(16)20)11-3-2-4-12(11)19(24)27-15/h5-6,10H,2-4,7-9H2,1H3. The molecule has 1 amide bonds. The van der Waals surface area contributed by atoms with Crippen LogP contribution in [0.25, 0.3) is 11.0 Å². The van der Waals surface area contributed by atoms with Crippen molar-refractivity contribution < 1.29 is 23.5 Å². The van der Waals surface area contributed by atoms with Crippen molar-refractivity contribution in [2.24, 2.45) is 5.92 Å². The molecule has 0 saturated carbocycles. The first-order chi connectivity index (χ1) is 13.0. The van der Waals surface area contributed by atoms with Crippen molar-refractivity contribution in [1.29, 1.82) is 0 Å². The first kappa shape index (κ1) is 17.9. The Morgan fingerprint density at radius 2 is 2.00 bits per heavy atom. The van der Waals surface area contributed by atoms with Crippen LogP contribution in [0.5, 0.6) is 5.75 Å². The third-order valence-corrected chi connectivity index (χ3v) is 5.44. The first-order valence-electron chi connectivity index (χ1n) is 8.74. The molecule has 1 aliphatic heterocycles. The van der Waals surface area contributed by atoms with Crippen LogP contribution in [0.4, 0.5) is 0 Å². The normalized spacial score (nSPS) is 16.1. The minimum atomic E-state index is -0.325. The van der Waals surface area contributed by atoms with Crippen LogP contribution in [0.3, 0.4) is 0 Å². The number of hydrogen-bond donors (Lipinski definition) is 0. The molecule has 8 heteroatoms. The molecule has 0 spiro atoms. The second kappa shape index (κ2) is 6.88. The van der Waals surface area contributed by atoms with E-state index in [0.717, 1.165) is 35.8 Å². The van der Waals surface area contributed by atoms with Crippen molar-refractivity contribution in [1.82, 2.24) is 4.90 Å². The van der Waals surface area contributed by atoms with E-state index in [1.807, 2.05) is 0 Å². The van der Waals surface area contributed by atoms with Crippen LogP contribution >= 0.6 is 11.6 Å². The molecule has 142 valence electrons. The monoisotopic (exact) mass is 391 g/mol. The number of ether oxygens (including phenoxy) is 2. The number of aryl methyl sites for hydroxylation is 1. The van der Waals surface area contributed by atoms with Gasteiger partial charge in [-0.2, -0.15) is 0 Å². The Morgan fingerprint density at radius 1 is 1.26 bits per heavy atom. The predicted molar refractivity (Wildman–Crippen MR) is 97.1 cm³/mol. The Morgan fingerprint density at radius 3 is 2.74 bits per heavy atom. The van der Waals surface area contributed by atoms with Crippen molar-refractivity contribution in [3.63, 3.8) is 0 Å². The van der Waals surface area contributed by atoms with E-state index in [1.54, 1.807) is 12.1 Å². The van der Waals surface area contributed by atoms with E-state index < -0.39 is 0 Å². The lowest BCUT2D eigenvalue weighted by atomic mass is 10.0. The number of benzene rings is 1. The summed E-state index contributed by atoms with van der Waals surface area (Å²) >= 11 is 6.31. The van der Waals surface area contributed by atoms with Crippen LogP contribution in [0.15, 0.2) is 21.3 Å².